The minimum absolute atomic E-state index is 0.347. The van der Waals surface area contributed by atoms with Gasteiger partial charge in [-0.15, -0.1) is 0 Å². The molecule has 0 spiro atoms. The van der Waals surface area contributed by atoms with E-state index in [1.165, 1.54) is 12.1 Å². The Morgan fingerprint density at radius 2 is 2.05 bits per heavy atom. The Balaban J connectivity index is 1.99. The van der Waals surface area contributed by atoms with Gasteiger partial charge in [-0.3, -0.25) is 0 Å². The zero-order valence-corrected chi connectivity index (χ0v) is 12.1. The van der Waals surface area contributed by atoms with Crippen molar-refractivity contribution in [2.24, 2.45) is 0 Å². The standard InChI is InChI=1S/C16H17ClFNO/c1-2-6-20-16-5-3-4-12(7-16)11-19-15-9-13(17)8-14(18)10-15/h3-5,7-10,19H,2,6,11H2,1H3. The lowest BCUT2D eigenvalue weighted by atomic mass is 10.2. The Bertz CT molecular complexity index is 554. The highest BCUT2D eigenvalue weighted by molar-refractivity contribution is 6.30. The summed E-state index contributed by atoms with van der Waals surface area (Å²) in [4.78, 5) is 0. The average Bonchev–Trinajstić information content (AvgIpc) is 2.42. The Morgan fingerprint density at radius 3 is 2.80 bits per heavy atom. The second kappa shape index (κ2) is 7.15. The predicted octanol–water partition coefficient (Wildman–Crippen LogP) is 4.88. The zero-order valence-electron chi connectivity index (χ0n) is 11.3. The van der Waals surface area contributed by atoms with Crippen LogP contribution in [0.15, 0.2) is 42.5 Å². The van der Waals surface area contributed by atoms with Gasteiger partial charge in [-0.2, -0.15) is 0 Å². The van der Waals surface area contributed by atoms with Crippen LogP contribution >= 0.6 is 11.6 Å². The Hall–Kier alpha value is -1.74. The van der Waals surface area contributed by atoms with Crippen LogP contribution in [-0.4, -0.2) is 6.61 Å². The summed E-state index contributed by atoms with van der Waals surface area (Å²) in [5.74, 6) is 0.503. The van der Waals surface area contributed by atoms with Crippen molar-refractivity contribution < 1.29 is 9.13 Å². The zero-order chi connectivity index (χ0) is 14.4. The van der Waals surface area contributed by atoms with Gasteiger partial charge >= 0.3 is 0 Å². The summed E-state index contributed by atoms with van der Waals surface area (Å²) < 4.78 is 18.8. The van der Waals surface area contributed by atoms with Crippen LogP contribution in [0, 0.1) is 5.82 Å². The van der Waals surface area contributed by atoms with E-state index in [-0.39, 0.29) is 5.82 Å². The number of nitrogens with one attached hydrogen (secondary N) is 1. The Kier molecular flexibility index (Phi) is 5.24. The highest BCUT2D eigenvalue weighted by Crippen LogP contribution is 2.20. The number of ether oxygens (including phenoxy) is 1. The number of hydrogen-bond donors (Lipinski definition) is 1. The lowest BCUT2D eigenvalue weighted by Gasteiger charge is -2.09. The van der Waals surface area contributed by atoms with Crippen molar-refractivity contribution in [2.75, 3.05) is 11.9 Å². The highest BCUT2D eigenvalue weighted by Gasteiger charge is 2.01. The molecule has 0 fully saturated rings. The minimum Gasteiger partial charge on any atom is -0.494 e. The monoisotopic (exact) mass is 293 g/mol. The minimum atomic E-state index is -0.347. The van der Waals surface area contributed by atoms with Crippen molar-refractivity contribution in [1.82, 2.24) is 0 Å². The molecule has 0 amide bonds. The van der Waals surface area contributed by atoms with Crippen LogP contribution in [0.4, 0.5) is 10.1 Å². The second-order valence-corrected chi connectivity index (χ2v) is 4.94. The molecule has 4 heteroatoms. The van der Waals surface area contributed by atoms with E-state index < -0.39 is 0 Å². The molecule has 1 N–H and O–H groups in total. The number of benzene rings is 2. The number of anilines is 1. The van der Waals surface area contributed by atoms with Crippen molar-refractivity contribution in [1.29, 1.82) is 0 Å². The van der Waals surface area contributed by atoms with Crippen molar-refractivity contribution >= 4 is 17.3 Å². The Labute approximate surface area is 123 Å². The molecule has 0 saturated carbocycles. The van der Waals surface area contributed by atoms with E-state index in [2.05, 4.69) is 12.2 Å². The van der Waals surface area contributed by atoms with Crippen molar-refractivity contribution in [3.8, 4) is 5.75 Å². The summed E-state index contributed by atoms with van der Waals surface area (Å²) in [6, 6.07) is 12.2. The summed E-state index contributed by atoms with van der Waals surface area (Å²) in [6.45, 7) is 3.36. The van der Waals surface area contributed by atoms with Gasteiger partial charge in [0, 0.05) is 17.3 Å². The molecule has 0 unspecified atom stereocenters. The summed E-state index contributed by atoms with van der Waals surface area (Å²) in [6.07, 6.45) is 0.976. The van der Waals surface area contributed by atoms with Gasteiger partial charge in [0.05, 0.1) is 6.61 Å². The third-order valence-electron chi connectivity index (χ3n) is 2.73. The van der Waals surface area contributed by atoms with Crippen molar-refractivity contribution in [3.05, 3.63) is 58.9 Å². The van der Waals surface area contributed by atoms with Gasteiger partial charge in [0.15, 0.2) is 0 Å². The van der Waals surface area contributed by atoms with E-state index >= 15 is 0 Å². The SMILES string of the molecule is CCCOc1cccc(CNc2cc(F)cc(Cl)c2)c1. The fourth-order valence-corrected chi connectivity index (χ4v) is 2.05. The van der Waals surface area contributed by atoms with E-state index in [4.69, 9.17) is 16.3 Å². The molecule has 0 saturated heterocycles. The lowest BCUT2D eigenvalue weighted by Crippen LogP contribution is -2.01. The fraction of sp³-hybridized carbons (Fsp3) is 0.250. The fourth-order valence-electron chi connectivity index (χ4n) is 1.83. The molecule has 0 aromatic heterocycles. The molecule has 2 nitrogen and oxygen atoms in total. The maximum absolute atomic E-state index is 13.2. The van der Waals surface area contributed by atoms with Gasteiger partial charge in [-0.05, 0) is 42.3 Å². The third kappa shape index (κ3) is 4.42. The maximum atomic E-state index is 13.2. The van der Waals surface area contributed by atoms with Gasteiger partial charge < -0.3 is 10.1 Å². The van der Waals surface area contributed by atoms with Gasteiger partial charge in [0.1, 0.15) is 11.6 Å². The van der Waals surface area contributed by atoms with Crippen molar-refractivity contribution in [3.63, 3.8) is 0 Å². The molecule has 0 heterocycles. The molecule has 0 aliphatic carbocycles. The van der Waals surface area contributed by atoms with Gasteiger partial charge in [-0.1, -0.05) is 30.7 Å². The van der Waals surface area contributed by atoms with Crippen LogP contribution in [-0.2, 0) is 6.54 Å². The summed E-state index contributed by atoms with van der Waals surface area (Å²) in [5, 5.41) is 3.53. The van der Waals surface area contributed by atoms with Crippen LogP contribution < -0.4 is 10.1 Å². The second-order valence-electron chi connectivity index (χ2n) is 4.51. The van der Waals surface area contributed by atoms with Gasteiger partial charge in [0.25, 0.3) is 0 Å². The first-order valence-corrected chi connectivity index (χ1v) is 6.97. The van der Waals surface area contributed by atoms with Crippen LogP contribution in [0.1, 0.15) is 18.9 Å². The molecule has 2 aromatic carbocycles. The highest BCUT2D eigenvalue weighted by atomic mass is 35.5. The predicted molar refractivity (Wildman–Crippen MR) is 81.0 cm³/mol. The molecule has 20 heavy (non-hydrogen) atoms. The molecule has 2 aromatic rings. The first-order valence-electron chi connectivity index (χ1n) is 6.59. The van der Waals surface area contributed by atoms with Gasteiger partial charge in [0.2, 0.25) is 0 Å². The quantitative estimate of drug-likeness (QED) is 0.819. The molecule has 106 valence electrons. The first-order chi connectivity index (χ1) is 9.67. The maximum Gasteiger partial charge on any atom is 0.126 e. The van der Waals surface area contributed by atoms with Crippen LogP contribution in [0.25, 0.3) is 0 Å². The molecular formula is C16H17ClFNO. The number of rotatable bonds is 6. The smallest absolute Gasteiger partial charge is 0.126 e. The lowest BCUT2D eigenvalue weighted by molar-refractivity contribution is 0.317. The molecule has 2 rings (SSSR count). The molecule has 0 aliphatic rings. The first kappa shape index (κ1) is 14.7. The molecule has 0 radical (unpaired) electrons. The van der Waals surface area contributed by atoms with Crippen LogP contribution in [0.2, 0.25) is 5.02 Å². The number of halogens is 2. The molecule has 0 atom stereocenters. The van der Waals surface area contributed by atoms with E-state index in [1.54, 1.807) is 6.07 Å². The summed E-state index contributed by atoms with van der Waals surface area (Å²) >= 11 is 5.81. The van der Waals surface area contributed by atoms with E-state index in [1.807, 2.05) is 24.3 Å². The summed E-state index contributed by atoms with van der Waals surface area (Å²) in [5.41, 5.74) is 1.73. The Morgan fingerprint density at radius 1 is 1.20 bits per heavy atom. The molecule has 0 aliphatic heterocycles. The topological polar surface area (TPSA) is 21.3 Å². The third-order valence-corrected chi connectivity index (χ3v) is 2.95. The van der Waals surface area contributed by atoms with Gasteiger partial charge in [-0.25, -0.2) is 4.39 Å². The number of hydrogen-bond acceptors (Lipinski definition) is 2. The van der Waals surface area contributed by atoms with E-state index in [9.17, 15) is 4.39 Å². The van der Waals surface area contributed by atoms with Crippen LogP contribution in [0.3, 0.4) is 0 Å². The van der Waals surface area contributed by atoms with E-state index in [0.717, 1.165) is 17.7 Å². The van der Waals surface area contributed by atoms with Crippen molar-refractivity contribution in [2.45, 2.75) is 19.9 Å². The largest absolute Gasteiger partial charge is 0.494 e. The van der Waals surface area contributed by atoms with Crippen LogP contribution in [0.5, 0.6) is 5.75 Å². The normalized spacial score (nSPS) is 10.3. The molecule has 0 bridgehead atoms. The average molecular weight is 294 g/mol. The molecular weight excluding hydrogens is 277 g/mol. The van der Waals surface area contributed by atoms with E-state index in [0.29, 0.717) is 23.9 Å². The summed E-state index contributed by atoms with van der Waals surface area (Å²) in [7, 11) is 0.